The summed E-state index contributed by atoms with van der Waals surface area (Å²) in [5.74, 6) is -0.0175. The zero-order chi connectivity index (χ0) is 21.7. The molecule has 2 aliphatic rings. The Morgan fingerprint density at radius 3 is 2.77 bits per heavy atom. The zero-order valence-electron chi connectivity index (χ0n) is 17.5. The second-order valence-corrected chi connectivity index (χ2v) is 8.60. The molecule has 0 aliphatic carbocycles. The number of hydrogen-bond donors (Lipinski definition) is 0. The number of benzene rings is 1. The fraction of sp³-hybridized carbons (Fsp3) is 0.545. The third kappa shape index (κ3) is 5.55. The Morgan fingerprint density at radius 1 is 1.23 bits per heavy atom. The SMILES string of the molecule is COC[C@H]1CCCN1[C@@H](C)N1CCN(C(=O)/C=C/c2ccc(Cl)c(Cl)c2)CCC1=O. The van der Waals surface area contributed by atoms with Crippen molar-refractivity contribution in [2.45, 2.75) is 38.4 Å². The molecule has 0 spiro atoms. The smallest absolute Gasteiger partial charge is 0.246 e. The Balaban J connectivity index is 1.61. The van der Waals surface area contributed by atoms with E-state index in [1.54, 1.807) is 36.3 Å². The highest BCUT2D eigenvalue weighted by Gasteiger charge is 2.34. The van der Waals surface area contributed by atoms with Crippen LogP contribution in [0.25, 0.3) is 6.08 Å². The third-order valence-corrected chi connectivity index (χ3v) is 6.65. The van der Waals surface area contributed by atoms with Gasteiger partial charge in [-0.3, -0.25) is 14.5 Å². The predicted molar refractivity (Wildman–Crippen MR) is 119 cm³/mol. The Hall–Kier alpha value is -1.60. The fourth-order valence-corrected chi connectivity index (χ4v) is 4.55. The number of carbonyl (C=O) groups is 2. The molecule has 0 bridgehead atoms. The molecule has 0 saturated carbocycles. The predicted octanol–water partition coefficient (Wildman–Crippen LogP) is 3.52. The van der Waals surface area contributed by atoms with Crippen molar-refractivity contribution in [2.75, 3.05) is 39.9 Å². The number of amides is 2. The average Bonchev–Trinajstić information content (AvgIpc) is 3.10. The molecule has 3 rings (SSSR count). The molecule has 0 unspecified atom stereocenters. The van der Waals surface area contributed by atoms with E-state index in [1.165, 1.54) is 6.08 Å². The Bertz CT molecular complexity index is 802. The van der Waals surface area contributed by atoms with Gasteiger partial charge in [0.1, 0.15) is 0 Å². The molecular weight excluding hydrogens is 425 g/mol. The minimum Gasteiger partial charge on any atom is -0.383 e. The first-order valence-electron chi connectivity index (χ1n) is 10.4. The quantitative estimate of drug-likeness (QED) is 0.618. The van der Waals surface area contributed by atoms with Crippen molar-refractivity contribution in [3.8, 4) is 0 Å². The molecule has 2 atom stereocenters. The van der Waals surface area contributed by atoms with Crippen LogP contribution in [0.5, 0.6) is 0 Å². The molecular formula is C22H29Cl2N3O3. The van der Waals surface area contributed by atoms with Gasteiger partial charge in [0, 0.05) is 51.8 Å². The highest BCUT2D eigenvalue weighted by atomic mass is 35.5. The summed E-state index contributed by atoms with van der Waals surface area (Å²) in [5, 5.41) is 0.927. The van der Waals surface area contributed by atoms with Crippen molar-refractivity contribution >= 4 is 41.1 Å². The van der Waals surface area contributed by atoms with E-state index in [0.29, 0.717) is 48.7 Å². The van der Waals surface area contributed by atoms with Gasteiger partial charge in [0.05, 0.1) is 22.8 Å². The zero-order valence-corrected chi connectivity index (χ0v) is 19.0. The normalized spacial score (nSPS) is 22.0. The number of hydrogen-bond acceptors (Lipinski definition) is 4. The summed E-state index contributed by atoms with van der Waals surface area (Å²) in [6.07, 6.45) is 5.78. The van der Waals surface area contributed by atoms with Crippen LogP contribution in [0, 0.1) is 0 Å². The Labute approximate surface area is 188 Å². The average molecular weight is 454 g/mol. The first-order valence-corrected chi connectivity index (χ1v) is 11.1. The standard InChI is InChI=1S/C22H29Cl2N3O3/c1-16(26-10-3-4-18(26)15-30-2)27-13-12-25(11-9-22(27)29)21(28)8-6-17-5-7-19(23)20(24)14-17/h5-8,14,16,18H,3-4,9-13,15H2,1-2H3/b8-6+/t16-,18-/m1/s1. The van der Waals surface area contributed by atoms with Crippen molar-refractivity contribution in [3.63, 3.8) is 0 Å². The lowest BCUT2D eigenvalue weighted by molar-refractivity contribution is -0.136. The van der Waals surface area contributed by atoms with Gasteiger partial charge in [0.25, 0.3) is 0 Å². The lowest BCUT2D eigenvalue weighted by atomic mass is 10.2. The van der Waals surface area contributed by atoms with Gasteiger partial charge >= 0.3 is 0 Å². The van der Waals surface area contributed by atoms with Crippen LogP contribution in [-0.4, -0.2) is 78.6 Å². The van der Waals surface area contributed by atoms with Gasteiger partial charge in [0.2, 0.25) is 11.8 Å². The molecule has 0 N–H and O–H groups in total. The van der Waals surface area contributed by atoms with Crippen molar-refractivity contribution in [1.29, 1.82) is 0 Å². The largest absolute Gasteiger partial charge is 0.383 e. The number of rotatable bonds is 6. The monoisotopic (exact) mass is 453 g/mol. The maximum absolute atomic E-state index is 12.8. The van der Waals surface area contributed by atoms with Crippen LogP contribution >= 0.6 is 23.2 Å². The highest BCUT2D eigenvalue weighted by Crippen LogP contribution is 2.24. The lowest BCUT2D eigenvalue weighted by Gasteiger charge is -2.38. The van der Waals surface area contributed by atoms with Gasteiger partial charge in [-0.25, -0.2) is 0 Å². The number of ether oxygens (including phenoxy) is 1. The summed E-state index contributed by atoms with van der Waals surface area (Å²) >= 11 is 12.0. The summed E-state index contributed by atoms with van der Waals surface area (Å²) in [6, 6.07) is 5.57. The van der Waals surface area contributed by atoms with Crippen LogP contribution in [0.4, 0.5) is 0 Å². The van der Waals surface area contributed by atoms with Crippen molar-refractivity contribution in [2.24, 2.45) is 0 Å². The van der Waals surface area contributed by atoms with E-state index in [4.69, 9.17) is 27.9 Å². The molecule has 30 heavy (non-hydrogen) atoms. The van der Waals surface area contributed by atoms with E-state index in [2.05, 4.69) is 11.8 Å². The number of halogens is 2. The van der Waals surface area contributed by atoms with Crippen LogP contribution < -0.4 is 0 Å². The van der Waals surface area contributed by atoms with Crippen LogP contribution in [0.2, 0.25) is 10.0 Å². The maximum Gasteiger partial charge on any atom is 0.246 e. The summed E-state index contributed by atoms with van der Waals surface area (Å²) in [7, 11) is 1.72. The number of methoxy groups -OCH3 is 1. The van der Waals surface area contributed by atoms with E-state index >= 15 is 0 Å². The molecule has 0 radical (unpaired) electrons. The highest BCUT2D eigenvalue weighted by molar-refractivity contribution is 6.42. The van der Waals surface area contributed by atoms with Gasteiger partial charge in [0.15, 0.2) is 0 Å². The van der Waals surface area contributed by atoms with Gasteiger partial charge < -0.3 is 14.5 Å². The van der Waals surface area contributed by atoms with Crippen LogP contribution in [0.1, 0.15) is 31.7 Å². The topological polar surface area (TPSA) is 53.1 Å². The van der Waals surface area contributed by atoms with E-state index in [0.717, 1.165) is 24.9 Å². The van der Waals surface area contributed by atoms with E-state index < -0.39 is 0 Å². The minimum absolute atomic E-state index is 0.00181. The summed E-state index contributed by atoms with van der Waals surface area (Å²) in [5.41, 5.74) is 0.803. The van der Waals surface area contributed by atoms with E-state index in [-0.39, 0.29) is 18.0 Å². The third-order valence-electron chi connectivity index (χ3n) is 5.91. The second-order valence-electron chi connectivity index (χ2n) is 7.79. The minimum atomic E-state index is -0.109. The summed E-state index contributed by atoms with van der Waals surface area (Å²) in [6.45, 7) is 5.19. The number of nitrogens with zero attached hydrogens (tertiary/aromatic N) is 3. The summed E-state index contributed by atoms with van der Waals surface area (Å²) in [4.78, 5) is 31.4. The van der Waals surface area contributed by atoms with E-state index in [9.17, 15) is 9.59 Å². The van der Waals surface area contributed by atoms with Gasteiger partial charge in [-0.1, -0.05) is 29.3 Å². The molecule has 2 aliphatic heterocycles. The first kappa shape index (κ1) is 23.1. The molecule has 8 heteroatoms. The van der Waals surface area contributed by atoms with Crippen LogP contribution in [0.15, 0.2) is 24.3 Å². The molecule has 1 aromatic rings. The van der Waals surface area contributed by atoms with Gasteiger partial charge in [-0.05, 0) is 43.5 Å². The maximum atomic E-state index is 12.8. The number of carbonyl (C=O) groups excluding carboxylic acids is 2. The Kier molecular flexibility index (Phi) is 8.17. The fourth-order valence-electron chi connectivity index (χ4n) is 4.24. The summed E-state index contributed by atoms with van der Waals surface area (Å²) < 4.78 is 5.35. The van der Waals surface area contributed by atoms with E-state index in [1.807, 2.05) is 4.90 Å². The molecule has 2 heterocycles. The number of likely N-dealkylation sites (tertiary alicyclic amines) is 1. The molecule has 6 nitrogen and oxygen atoms in total. The molecule has 0 aromatic heterocycles. The Morgan fingerprint density at radius 2 is 2.03 bits per heavy atom. The molecule has 2 saturated heterocycles. The van der Waals surface area contributed by atoms with Gasteiger partial charge in [-0.2, -0.15) is 0 Å². The molecule has 1 aromatic carbocycles. The molecule has 2 amide bonds. The van der Waals surface area contributed by atoms with Crippen molar-refractivity contribution in [3.05, 3.63) is 39.9 Å². The van der Waals surface area contributed by atoms with Crippen LogP contribution in [0.3, 0.4) is 0 Å². The second kappa shape index (κ2) is 10.6. The van der Waals surface area contributed by atoms with Crippen molar-refractivity contribution < 1.29 is 14.3 Å². The van der Waals surface area contributed by atoms with Gasteiger partial charge in [-0.15, -0.1) is 0 Å². The molecule has 2 fully saturated rings. The molecule has 164 valence electrons. The van der Waals surface area contributed by atoms with Crippen LogP contribution in [-0.2, 0) is 14.3 Å². The van der Waals surface area contributed by atoms with Crippen molar-refractivity contribution in [1.82, 2.24) is 14.7 Å². The first-order chi connectivity index (χ1) is 14.4. The lowest BCUT2D eigenvalue weighted by Crippen LogP contribution is -2.52.